The molecule has 1 aromatic rings. The molecule has 78 valence electrons. The zero-order valence-electron chi connectivity index (χ0n) is 7.81. The Bertz CT molecular complexity index is 335. The molecule has 8 heteroatoms. The summed E-state index contributed by atoms with van der Waals surface area (Å²) in [5.41, 5.74) is 0. The monoisotopic (exact) mass is 282 g/mol. The average Bonchev–Trinajstić information content (AvgIpc) is 2.06. The van der Waals surface area contributed by atoms with E-state index in [2.05, 4.69) is 4.74 Å². The van der Waals surface area contributed by atoms with Crippen molar-refractivity contribution in [3.05, 3.63) is 28.2 Å². The molecule has 0 bridgehead atoms. The van der Waals surface area contributed by atoms with Gasteiger partial charge in [0.2, 0.25) is 0 Å². The first kappa shape index (κ1) is 16.1. The van der Waals surface area contributed by atoms with Crippen molar-refractivity contribution in [3.63, 3.8) is 0 Å². The van der Waals surface area contributed by atoms with Gasteiger partial charge >= 0.3 is 58.4 Å². The number of halogens is 5. The van der Waals surface area contributed by atoms with Crippen LogP contribution in [0, 0.1) is 0 Å². The van der Waals surface area contributed by atoms with Gasteiger partial charge in [-0.15, -0.1) is 0 Å². The van der Waals surface area contributed by atoms with Crippen LogP contribution in [0.2, 0.25) is 10.0 Å². The third kappa shape index (κ3) is 6.41. The van der Waals surface area contributed by atoms with E-state index in [1.54, 1.807) is 0 Å². The Morgan fingerprint density at radius 1 is 1.13 bits per heavy atom. The molecule has 0 fully saturated rings. The summed E-state index contributed by atoms with van der Waals surface area (Å²) in [5.74, 6) is 0.0543. The van der Waals surface area contributed by atoms with E-state index in [0.29, 0.717) is 0 Å². The number of ether oxygens (including phenoxy) is 1. The van der Waals surface area contributed by atoms with Gasteiger partial charge < -0.3 is 17.7 Å². The molecule has 0 amide bonds. The molecule has 0 heterocycles. The van der Waals surface area contributed by atoms with E-state index in [9.17, 15) is 12.9 Å². The summed E-state index contributed by atoms with van der Waals surface area (Å²) in [5, 5.41) is 0.440. The average molecular weight is 283 g/mol. The summed E-state index contributed by atoms with van der Waals surface area (Å²) >= 11 is 11.1. The van der Waals surface area contributed by atoms with Crippen molar-refractivity contribution in [2.24, 2.45) is 0 Å². The second kappa shape index (κ2) is 6.74. The molecule has 0 saturated carbocycles. The van der Waals surface area contributed by atoms with Crippen molar-refractivity contribution in [3.8, 4) is 5.75 Å². The number of benzene rings is 1. The van der Waals surface area contributed by atoms with Crippen LogP contribution in [0.4, 0.5) is 12.9 Å². The summed E-state index contributed by atoms with van der Waals surface area (Å²) < 4.78 is 39.9. The second-order valence-corrected chi connectivity index (χ2v) is 3.41. The van der Waals surface area contributed by atoms with Crippen LogP contribution in [0.1, 0.15) is 0 Å². The van der Waals surface area contributed by atoms with Crippen molar-refractivity contribution in [1.29, 1.82) is 0 Å². The Balaban J connectivity index is 0.00000196. The first-order chi connectivity index (χ1) is 6.38. The largest absolute Gasteiger partial charge is 1.00 e. The Kier molecular flexibility index (Phi) is 7.23. The summed E-state index contributed by atoms with van der Waals surface area (Å²) in [6, 6.07) is 3.95. The minimum Gasteiger partial charge on any atom is -0.522 e. The van der Waals surface area contributed by atoms with Gasteiger partial charge in [0.25, 0.3) is 0 Å². The molecule has 0 N–H and O–H groups in total. The van der Waals surface area contributed by atoms with Crippen LogP contribution in [0.25, 0.3) is 0 Å². The van der Waals surface area contributed by atoms with Crippen molar-refractivity contribution < 1.29 is 69.1 Å². The van der Waals surface area contributed by atoms with Crippen LogP contribution in [0.3, 0.4) is 0 Å². The zero-order chi connectivity index (χ0) is 10.8. The number of rotatable bonds is 3. The van der Waals surface area contributed by atoms with Gasteiger partial charge in [-0.2, -0.15) is 0 Å². The van der Waals surface area contributed by atoms with Crippen LogP contribution in [-0.2, 0) is 0 Å². The van der Waals surface area contributed by atoms with E-state index in [1.807, 2.05) is 0 Å². The third-order valence-electron chi connectivity index (χ3n) is 1.33. The van der Waals surface area contributed by atoms with Crippen LogP contribution in [-0.4, -0.2) is 13.5 Å². The normalized spacial score (nSPS) is 10.7. The summed E-state index contributed by atoms with van der Waals surface area (Å²) in [6.07, 6.45) is 0. The van der Waals surface area contributed by atoms with Gasteiger partial charge in [0.1, 0.15) is 5.75 Å². The fraction of sp³-hybridized carbons (Fsp3) is 0.143. The maximum absolute atomic E-state index is 11.8. The van der Waals surface area contributed by atoms with Crippen LogP contribution in [0.15, 0.2) is 18.2 Å². The van der Waals surface area contributed by atoms with E-state index >= 15 is 0 Å². The van der Waals surface area contributed by atoms with Crippen LogP contribution >= 0.6 is 23.2 Å². The number of hydrogen-bond acceptors (Lipinski definition) is 1. The molecule has 1 rings (SSSR count). The van der Waals surface area contributed by atoms with Gasteiger partial charge in [0.15, 0.2) is 0 Å². The molecule has 0 spiro atoms. The summed E-state index contributed by atoms with van der Waals surface area (Å²) in [6.45, 7) is -6.23. The van der Waals surface area contributed by atoms with Gasteiger partial charge in [-0.25, -0.2) is 0 Å². The van der Waals surface area contributed by atoms with Gasteiger partial charge in [-0.1, -0.05) is 23.2 Å². The minimum atomic E-state index is -4.95. The second-order valence-electron chi connectivity index (χ2n) is 2.60. The van der Waals surface area contributed by atoms with Crippen molar-refractivity contribution in [1.82, 2.24) is 0 Å². The molecule has 0 aromatic heterocycles. The predicted octanol–water partition coefficient (Wildman–Crippen LogP) is 0.763. The zero-order valence-corrected chi connectivity index (χ0v) is 12.4. The molecule has 0 aliphatic rings. The Hall–Kier alpha value is 1.09. The van der Waals surface area contributed by atoms with Crippen LogP contribution in [0.5, 0.6) is 5.75 Å². The smallest absolute Gasteiger partial charge is 0.522 e. The summed E-state index contributed by atoms with van der Waals surface area (Å²) in [4.78, 5) is 0. The van der Waals surface area contributed by atoms with Crippen molar-refractivity contribution >= 4 is 30.2 Å². The van der Waals surface area contributed by atoms with Gasteiger partial charge in [-0.05, 0) is 12.1 Å². The maximum atomic E-state index is 11.8. The molecule has 15 heavy (non-hydrogen) atoms. The van der Waals surface area contributed by atoms with Crippen LogP contribution < -0.4 is 56.1 Å². The van der Waals surface area contributed by atoms with E-state index < -0.39 is 13.5 Å². The molecule has 0 radical (unpaired) electrons. The first-order valence-corrected chi connectivity index (χ1v) is 4.43. The van der Waals surface area contributed by atoms with Crippen molar-refractivity contribution in [2.45, 2.75) is 0 Å². The molecule has 0 unspecified atom stereocenters. The topological polar surface area (TPSA) is 9.23 Å². The van der Waals surface area contributed by atoms with E-state index in [0.717, 1.165) is 0 Å². The molecule has 0 saturated heterocycles. The predicted molar refractivity (Wildman–Crippen MR) is 51.0 cm³/mol. The molecule has 0 aliphatic carbocycles. The molecule has 1 nitrogen and oxygen atoms in total. The molecule has 0 aliphatic heterocycles. The van der Waals surface area contributed by atoms with E-state index in [1.165, 1.54) is 18.2 Å². The number of hydrogen-bond donors (Lipinski definition) is 0. The maximum Gasteiger partial charge on any atom is 1.00 e. The fourth-order valence-corrected chi connectivity index (χ4v) is 1.05. The van der Waals surface area contributed by atoms with E-state index in [4.69, 9.17) is 23.2 Å². The summed E-state index contributed by atoms with van der Waals surface area (Å²) in [7, 11) is 0. The quantitative estimate of drug-likeness (QED) is 0.744. The molecule has 0 atom stereocenters. The van der Waals surface area contributed by atoms with Gasteiger partial charge in [0, 0.05) is 6.07 Å². The van der Waals surface area contributed by atoms with Gasteiger partial charge in [-0.3, -0.25) is 0 Å². The van der Waals surface area contributed by atoms with Gasteiger partial charge in [0.05, 0.1) is 16.6 Å². The van der Waals surface area contributed by atoms with E-state index in [-0.39, 0.29) is 67.2 Å². The third-order valence-corrected chi connectivity index (χ3v) is 2.07. The fourth-order valence-electron chi connectivity index (χ4n) is 0.757. The Morgan fingerprint density at radius 3 is 2.20 bits per heavy atom. The van der Waals surface area contributed by atoms with Crippen molar-refractivity contribution in [2.75, 3.05) is 6.51 Å². The Morgan fingerprint density at radius 2 is 1.73 bits per heavy atom. The minimum absolute atomic E-state index is 0. The first-order valence-electron chi connectivity index (χ1n) is 3.67. The molecule has 1 aromatic carbocycles. The molecular weight excluding hydrogens is 278 g/mol. The SMILES string of the molecule is F[B-](F)(F)COc1ccc(Cl)c(Cl)c1.[K+]. The standard InChI is InChI=1S/C7H5BCl2F3O.K/c9-6-2-1-5(3-7(6)10)14-4-8(11,12)13;/h1-3H,4H2;/q-1;+1. The Labute approximate surface area is 138 Å². The molecular formula is C7H5BCl2F3KO.